The van der Waals surface area contributed by atoms with Gasteiger partial charge in [-0.1, -0.05) is 57.2 Å². The summed E-state index contributed by atoms with van der Waals surface area (Å²) < 4.78 is 2.47. The van der Waals surface area contributed by atoms with Gasteiger partial charge in [0.05, 0.1) is 5.52 Å². The first-order chi connectivity index (χ1) is 15.9. The summed E-state index contributed by atoms with van der Waals surface area (Å²) in [6.07, 6.45) is 7.53. The van der Waals surface area contributed by atoms with Crippen molar-refractivity contribution >= 4 is 27.7 Å². The van der Waals surface area contributed by atoms with Gasteiger partial charge in [0.2, 0.25) is 5.91 Å². The van der Waals surface area contributed by atoms with Crippen molar-refractivity contribution in [2.24, 2.45) is 5.41 Å². The molecule has 1 unspecified atom stereocenters. The number of aryl methyl sites for hydroxylation is 2. The SMILES string of the molecule is CC(C)(C)CC(=O)N1CC(c2c[nH]c3ccccc23)[C@H](c2cn3c4c(cccc24)CCC3)C1. The van der Waals surface area contributed by atoms with E-state index in [1.54, 1.807) is 0 Å². The van der Waals surface area contributed by atoms with Crippen LogP contribution in [0.4, 0.5) is 0 Å². The van der Waals surface area contributed by atoms with Crippen LogP contribution in [0.15, 0.2) is 54.9 Å². The molecule has 170 valence electrons. The zero-order chi connectivity index (χ0) is 22.7. The molecule has 0 bridgehead atoms. The lowest BCUT2D eigenvalue weighted by Gasteiger charge is -2.23. The molecule has 2 aliphatic rings. The molecule has 0 radical (unpaired) electrons. The van der Waals surface area contributed by atoms with Gasteiger partial charge in [-0.3, -0.25) is 4.79 Å². The van der Waals surface area contributed by atoms with E-state index < -0.39 is 0 Å². The number of rotatable bonds is 3. The molecule has 1 amide bonds. The van der Waals surface area contributed by atoms with Crippen LogP contribution >= 0.6 is 0 Å². The molecule has 0 saturated carbocycles. The third-order valence-electron chi connectivity index (χ3n) is 7.63. The smallest absolute Gasteiger partial charge is 0.223 e. The number of para-hydroxylation sites is 2. The van der Waals surface area contributed by atoms with Gasteiger partial charge in [0.15, 0.2) is 0 Å². The van der Waals surface area contributed by atoms with Crippen molar-refractivity contribution in [3.63, 3.8) is 0 Å². The number of fused-ring (bicyclic) bond motifs is 1. The van der Waals surface area contributed by atoms with E-state index in [9.17, 15) is 4.79 Å². The van der Waals surface area contributed by atoms with E-state index in [-0.39, 0.29) is 17.2 Å². The van der Waals surface area contributed by atoms with Gasteiger partial charge in [0, 0.05) is 66.6 Å². The van der Waals surface area contributed by atoms with Gasteiger partial charge in [-0.2, -0.15) is 0 Å². The van der Waals surface area contributed by atoms with Gasteiger partial charge in [-0.15, -0.1) is 0 Å². The van der Waals surface area contributed by atoms with Crippen molar-refractivity contribution in [1.29, 1.82) is 0 Å². The molecule has 2 aromatic carbocycles. The average Bonchev–Trinajstić information content (AvgIpc) is 3.48. The van der Waals surface area contributed by atoms with Crippen molar-refractivity contribution in [2.45, 2.75) is 58.4 Å². The Bertz CT molecular complexity index is 1350. The van der Waals surface area contributed by atoms with Crippen molar-refractivity contribution in [3.05, 3.63) is 71.5 Å². The number of hydrogen-bond donors (Lipinski definition) is 1. The van der Waals surface area contributed by atoms with Crippen LogP contribution in [-0.4, -0.2) is 33.4 Å². The molecule has 6 rings (SSSR count). The van der Waals surface area contributed by atoms with Gasteiger partial charge in [0.25, 0.3) is 0 Å². The van der Waals surface area contributed by atoms with Gasteiger partial charge < -0.3 is 14.5 Å². The highest BCUT2D eigenvalue weighted by Gasteiger charge is 2.40. The number of hydrogen-bond acceptors (Lipinski definition) is 1. The minimum absolute atomic E-state index is 0.00483. The number of likely N-dealkylation sites (tertiary alicyclic amines) is 1. The van der Waals surface area contributed by atoms with E-state index >= 15 is 0 Å². The molecule has 4 heteroatoms. The van der Waals surface area contributed by atoms with Crippen molar-refractivity contribution in [2.75, 3.05) is 13.1 Å². The lowest BCUT2D eigenvalue weighted by Crippen LogP contribution is -2.31. The molecule has 4 heterocycles. The molecule has 4 aromatic rings. The average molecular weight is 440 g/mol. The van der Waals surface area contributed by atoms with Crippen molar-refractivity contribution in [3.8, 4) is 0 Å². The molecule has 4 nitrogen and oxygen atoms in total. The Morgan fingerprint density at radius 2 is 1.76 bits per heavy atom. The third-order valence-corrected chi connectivity index (χ3v) is 7.63. The van der Waals surface area contributed by atoms with Crippen LogP contribution in [0, 0.1) is 5.41 Å². The fourth-order valence-corrected chi connectivity index (χ4v) is 6.18. The molecule has 2 aromatic heterocycles. The lowest BCUT2D eigenvalue weighted by molar-refractivity contribution is -0.132. The monoisotopic (exact) mass is 439 g/mol. The summed E-state index contributed by atoms with van der Waals surface area (Å²) >= 11 is 0. The van der Waals surface area contributed by atoms with Crippen molar-refractivity contribution < 1.29 is 4.79 Å². The molecule has 2 aliphatic heterocycles. The largest absolute Gasteiger partial charge is 0.361 e. The van der Waals surface area contributed by atoms with E-state index in [4.69, 9.17) is 0 Å². The summed E-state index contributed by atoms with van der Waals surface area (Å²) in [7, 11) is 0. The normalized spacial score (nSPS) is 20.8. The fraction of sp³-hybridized carbons (Fsp3) is 0.414. The molecular formula is C29H33N3O. The number of carbonyl (C=O) groups is 1. The molecule has 0 aliphatic carbocycles. The van der Waals surface area contributed by atoms with E-state index in [0.717, 1.165) is 26.1 Å². The zero-order valence-electron chi connectivity index (χ0n) is 19.9. The standard InChI is InChI=1S/C29H33N3O/c1-29(2,3)14-27(33)32-17-24(22-15-30-26-12-5-4-10-20(22)26)25(18-32)23-16-31-13-7-9-19-8-6-11-21(23)28(19)31/h4-6,8,10-12,15-16,24-25,30H,7,9,13-14,17-18H2,1-3H3/t24?,25-/m0/s1. The Balaban J connectivity index is 1.46. The first-order valence-electron chi connectivity index (χ1n) is 12.3. The Morgan fingerprint density at radius 3 is 2.58 bits per heavy atom. The third kappa shape index (κ3) is 3.47. The quantitative estimate of drug-likeness (QED) is 0.405. The molecule has 1 saturated heterocycles. The van der Waals surface area contributed by atoms with E-state index in [2.05, 4.69) is 90.1 Å². The van der Waals surface area contributed by atoms with E-state index in [0.29, 0.717) is 12.3 Å². The zero-order valence-corrected chi connectivity index (χ0v) is 19.9. The lowest BCUT2D eigenvalue weighted by atomic mass is 9.83. The number of nitrogens with one attached hydrogen (secondary N) is 1. The second kappa shape index (κ2) is 7.51. The highest BCUT2D eigenvalue weighted by atomic mass is 16.2. The molecule has 33 heavy (non-hydrogen) atoms. The van der Waals surface area contributed by atoms with Gasteiger partial charge in [-0.25, -0.2) is 0 Å². The van der Waals surface area contributed by atoms with Gasteiger partial charge in [0.1, 0.15) is 0 Å². The maximum atomic E-state index is 13.3. The van der Waals surface area contributed by atoms with Crippen LogP contribution in [0.3, 0.4) is 0 Å². The van der Waals surface area contributed by atoms with Crippen LogP contribution in [-0.2, 0) is 17.8 Å². The minimum atomic E-state index is -0.00483. The molecule has 2 atom stereocenters. The Labute approximate surface area is 195 Å². The number of aromatic amines is 1. The fourth-order valence-electron chi connectivity index (χ4n) is 6.18. The van der Waals surface area contributed by atoms with Gasteiger partial charge >= 0.3 is 0 Å². The Kier molecular flexibility index (Phi) is 4.69. The van der Waals surface area contributed by atoms with E-state index in [1.807, 2.05) is 0 Å². The molecular weight excluding hydrogens is 406 g/mol. The van der Waals surface area contributed by atoms with Crippen LogP contribution in [0.25, 0.3) is 21.8 Å². The molecule has 0 spiro atoms. The van der Waals surface area contributed by atoms with Crippen LogP contribution < -0.4 is 0 Å². The summed E-state index contributed by atoms with van der Waals surface area (Å²) in [5.41, 5.74) is 6.80. The van der Waals surface area contributed by atoms with Crippen LogP contribution in [0.2, 0.25) is 0 Å². The summed E-state index contributed by atoms with van der Waals surface area (Å²) in [6.45, 7) is 9.13. The van der Waals surface area contributed by atoms with Crippen LogP contribution in [0.1, 0.15) is 62.1 Å². The summed E-state index contributed by atoms with van der Waals surface area (Å²) in [5.74, 6) is 0.863. The summed E-state index contributed by atoms with van der Waals surface area (Å²) in [6, 6.07) is 15.4. The van der Waals surface area contributed by atoms with E-state index in [1.165, 1.54) is 44.9 Å². The minimum Gasteiger partial charge on any atom is -0.361 e. The number of H-pyrrole nitrogens is 1. The Morgan fingerprint density at radius 1 is 1.00 bits per heavy atom. The topological polar surface area (TPSA) is 41.0 Å². The highest BCUT2D eigenvalue weighted by molar-refractivity contribution is 5.89. The number of amides is 1. The summed E-state index contributed by atoms with van der Waals surface area (Å²) in [4.78, 5) is 18.9. The molecule has 1 fully saturated rings. The number of benzene rings is 2. The predicted octanol–water partition coefficient (Wildman–Crippen LogP) is 6.21. The number of aromatic nitrogens is 2. The van der Waals surface area contributed by atoms with Crippen molar-refractivity contribution in [1.82, 2.24) is 14.5 Å². The number of carbonyl (C=O) groups excluding carboxylic acids is 1. The highest BCUT2D eigenvalue weighted by Crippen LogP contribution is 2.46. The summed E-state index contributed by atoms with van der Waals surface area (Å²) in [5, 5.41) is 2.67. The maximum absolute atomic E-state index is 13.3. The number of nitrogens with zero attached hydrogens (tertiary/aromatic N) is 2. The first kappa shape index (κ1) is 20.6. The maximum Gasteiger partial charge on any atom is 0.223 e. The predicted molar refractivity (Wildman–Crippen MR) is 135 cm³/mol. The van der Waals surface area contributed by atoms with Gasteiger partial charge in [-0.05, 0) is 41.0 Å². The second-order valence-electron chi connectivity index (χ2n) is 11.2. The second-order valence-corrected chi connectivity index (χ2v) is 11.2. The Hall–Kier alpha value is -3.01. The first-order valence-corrected chi connectivity index (χ1v) is 12.3. The molecule has 1 N–H and O–H groups in total. The van der Waals surface area contributed by atoms with Crippen LogP contribution in [0.5, 0.6) is 0 Å².